The maximum absolute atomic E-state index is 4.09. The molecule has 2 rings (SSSR count). The van der Waals surface area contributed by atoms with Crippen LogP contribution in [0.25, 0.3) is 11.3 Å². The molecule has 0 aliphatic carbocycles. The van der Waals surface area contributed by atoms with E-state index in [1.165, 1.54) is 0 Å². The summed E-state index contributed by atoms with van der Waals surface area (Å²) in [4.78, 5) is 4.09. The summed E-state index contributed by atoms with van der Waals surface area (Å²) in [6.07, 6.45) is 3.24. The van der Waals surface area contributed by atoms with Gasteiger partial charge < -0.3 is 0 Å². The van der Waals surface area contributed by atoms with Gasteiger partial charge in [0.25, 0.3) is 0 Å². The van der Waals surface area contributed by atoms with Gasteiger partial charge in [-0.25, -0.2) is 4.99 Å². The summed E-state index contributed by atoms with van der Waals surface area (Å²) in [6, 6.07) is 11.9. The fraction of sp³-hybridized carbons (Fsp3) is 0. The van der Waals surface area contributed by atoms with Crippen LogP contribution in [0.15, 0.2) is 54.0 Å². The summed E-state index contributed by atoms with van der Waals surface area (Å²) in [5.74, 6) is 0.661. The second-order valence-electron chi connectivity index (χ2n) is 3.02. The minimum absolute atomic E-state index is 0.661. The number of allylic oxidation sites excluding steroid dienone is 1. The number of benzene rings is 1. The topological polar surface area (TPSA) is 41.0 Å². The fourth-order valence-corrected chi connectivity index (χ4v) is 1.27. The SMILES string of the molecule is C=CC=Nc1cc(-c2ccccc2)[nH]n1. The van der Waals surface area contributed by atoms with Crippen molar-refractivity contribution in [1.29, 1.82) is 0 Å². The number of rotatable bonds is 3. The molecule has 0 atom stereocenters. The van der Waals surface area contributed by atoms with Crippen LogP contribution in [-0.4, -0.2) is 16.4 Å². The molecule has 0 bridgehead atoms. The van der Waals surface area contributed by atoms with Crippen LogP contribution in [0, 0.1) is 0 Å². The molecular weight excluding hydrogens is 186 g/mol. The Balaban J connectivity index is 2.28. The number of H-pyrrole nitrogens is 1. The van der Waals surface area contributed by atoms with Crippen molar-refractivity contribution in [2.24, 2.45) is 4.99 Å². The van der Waals surface area contributed by atoms with Gasteiger partial charge in [0.2, 0.25) is 0 Å². The van der Waals surface area contributed by atoms with E-state index in [9.17, 15) is 0 Å². The highest BCUT2D eigenvalue weighted by atomic mass is 15.2. The van der Waals surface area contributed by atoms with Crippen LogP contribution in [0.3, 0.4) is 0 Å². The molecule has 1 aromatic carbocycles. The zero-order valence-corrected chi connectivity index (χ0v) is 8.22. The molecule has 0 spiro atoms. The van der Waals surface area contributed by atoms with Crippen LogP contribution in [0.2, 0.25) is 0 Å². The van der Waals surface area contributed by atoms with Crippen LogP contribution >= 0.6 is 0 Å². The van der Waals surface area contributed by atoms with Crippen molar-refractivity contribution in [3.05, 3.63) is 49.1 Å². The molecule has 0 radical (unpaired) electrons. The van der Waals surface area contributed by atoms with Crippen molar-refractivity contribution in [3.8, 4) is 11.3 Å². The largest absolute Gasteiger partial charge is 0.276 e. The van der Waals surface area contributed by atoms with Crippen molar-refractivity contribution in [2.75, 3.05) is 0 Å². The Morgan fingerprint density at radius 2 is 2.07 bits per heavy atom. The second kappa shape index (κ2) is 4.37. The summed E-state index contributed by atoms with van der Waals surface area (Å²) in [5.41, 5.74) is 2.07. The smallest absolute Gasteiger partial charge is 0.174 e. The minimum atomic E-state index is 0.661. The van der Waals surface area contributed by atoms with Gasteiger partial charge in [0.15, 0.2) is 5.82 Å². The predicted octanol–water partition coefficient (Wildman–Crippen LogP) is 2.97. The summed E-state index contributed by atoms with van der Waals surface area (Å²) in [7, 11) is 0. The predicted molar refractivity (Wildman–Crippen MR) is 62.4 cm³/mol. The van der Waals surface area contributed by atoms with E-state index in [0.717, 1.165) is 11.3 Å². The van der Waals surface area contributed by atoms with Crippen molar-refractivity contribution < 1.29 is 0 Å². The van der Waals surface area contributed by atoms with E-state index >= 15 is 0 Å². The van der Waals surface area contributed by atoms with Gasteiger partial charge in [0.1, 0.15) is 0 Å². The van der Waals surface area contributed by atoms with Gasteiger partial charge in [-0.3, -0.25) is 5.10 Å². The lowest BCUT2D eigenvalue weighted by atomic mass is 10.2. The number of nitrogens with zero attached hydrogens (tertiary/aromatic N) is 2. The molecule has 0 fully saturated rings. The third-order valence-corrected chi connectivity index (χ3v) is 1.96. The number of aromatic nitrogens is 2. The molecule has 15 heavy (non-hydrogen) atoms. The Labute approximate surface area is 88.2 Å². The molecule has 1 aromatic heterocycles. The number of nitrogens with one attached hydrogen (secondary N) is 1. The highest BCUT2D eigenvalue weighted by molar-refractivity contribution is 5.73. The molecule has 0 amide bonds. The van der Waals surface area contributed by atoms with Gasteiger partial charge in [-0.2, -0.15) is 5.10 Å². The van der Waals surface area contributed by atoms with Gasteiger partial charge in [0.05, 0.1) is 5.69 Å². The normalized spacial score (nSPS) is 10.7. The first kappa shape index (κ1) is 9.40. The van der Waals surface area contributed by atoms with Crippen LogP contribution in [0.5, 0.6) is 0 Å². The number of aliphatic imine (C=N–C) groups is 1. The van der Waals surface area contributed by atoms with Gasteiger partial charge in [-0.05, 0) is 5.56 Å². The Bertz CT molecular complexity index is 469. The highest BCUT2D eigenvalue weighted by Crippen LogP contribution is 2.20. The first-order valence-corrected chi connectivity index (χ1v) is 4.66. The molecular formula is C12H11N3. The van der Waals surface area contributed by atoms with E-state index in [4.69, 9.17) is 0 Å². The molecule has 1 N–H and O–H groups in total. The zero-order chi connectivity index (χ0) is 10.5. The molecule has 3 heteroatoms. The lowest BCUT2D eigenvalue weighted by Crippen LogP contribution is -1.75. The van der Waals surface area contributed by atoms with Crippen LogP contribution < -0.4 is 0 Å². The summed E-state index contributed by atoms with van der Waals surface area (Å²) in [6.45, 7) is 3.55. The maximum Gasteiger partial charge on any atom is 0.174 e. The van der Waals surface area contributed by atoms with Crippen molar-refractivity contribution >= 4 is 12.0 Å². The van der Waals surface area contributed by atoms with E-state index in [1.807, 2.05) is 36.4 Å². The van der Waals surface area contributed by atoms with Crippen LogP contribution in [0.4, 0.5) is 5.82 Å². The number of hydrogen-bond donors (Lipinski definition) is 1. The molecule has 2 aromatic rings. The average Bonchev–Trinajstić information content (AvgIpc) is 2.76. The third-order valence-electron chi connectivity index (χ3n) is 1.96. The van der Waals surface area contributed by atoms with E-state index in [0.29, 0.717) is 5.82 Å². The maximum atomic E-state index is 4.09. The van der Waals surface area contributed by atoms with Gasteiger partial charge in [0, 0.05) is 12.3 Å². The lowest BCUT2D eigenvalue weighted by Gasteiger charge is -1.93. The third kappa shape index (κ3) is 2.20. The Morgan fingerprint density at radius 1 is 1.27 bits per heavy atom. The Kier molecular flexibility index (Phi) is 2.74. The van der Waals surface area contributed by atoms with E-state index < -0.39 is 0 Å². The quantitative estimate of drug-likeness (QED) is 0.755. The average molecular weight is 197 g/mol. The lowest BCUT2D eigenvalue weighted by molar-refractivity contribution is 1.09. The highest BCUT2D eigenvalue weighted by Gasteiger charge is 2.00. The zero-order valence-electron chi connectivity index (χ0n) is 8.22. The molecule has 0 aliphatic rings. The van der Waals surface area contributed by atoms with Gasteiger partial charge in [-0.1, -0.05) is 43.0 Å². The first-order chi connectivity index (χ1) is 7.40. The van der Waals surface area contributed by atoms with E-state index in [1.54, 1.807) is 12.3 Å². The summed E-state index contributed by atoms with van der Waals surface area (Å²) < 4.78 is 0. The standard InChI is InChI=1S/C12H11N3/c1-2-8-13-12-9-11(14-15-12)10-6-4-3-5-7-10/h2-9H,1H2,(H,14,15). The molecule has 0 saturated heterocycles. The molecule has 74 valence electrons. The van der Waals surface area contributed by atoms with Crippen molar-refractivity contribution in [1.82, 2.24) is 10.2 Å². The van der Waals surface area contributed by atoms with Crippen molar-refractivity contribution in [3.63, 3.8) is 0 Å². The molecule has 0 aliphatic heterocycles. The summed E-state index contributed by atoms with van der Waals surface area (Å²) in [5, 5.41) is 6.99. The molecule has 0 unspecified atom stereocenters. The van der Waals surface area contributed by atoms with Crippen LogP contribution in [0.1, 0.15) is 0 Å². The van der Waals surface area contributed by atoms with Crippen molar-refractivity contribution in [2.45, 2.75) is 0 Å². The Hall–Kier alpha value is -2.16. The monoisotopic (exact) mass is 197 g/mol. The summed E-state index contributed by atoms with van der Waals surface area (Å²) >= 11 is 0. The van der Waals surface area contributed by atoms with E-state index in [2.05, 4.69) is 21.8 Å². The second-order valence-corrected chi connectivity index (χ2v) is 3.02. The van der Waals surface area contributed by atoms with E-state index in [-0.39, 0.29) is 0 Å². The Morgan fingerprint density at radius 3 is 2.80 bits per heavy atom. The minimum Gasteiger partial charge on any atom is -0.276 e. The molecule has 3 nitrogen and oxygen atoms in total. The molecule has 0 saturated carbocycles. The van der Waals surface area contributed by atoms with Crippen LogP contribution in [-0.2, 0) is 0 Å². The fourth-order valence-electron chi connectivity index (χ4n) is 1.27. The van der Waals surface area contributed by atoms with Gasteiger partial charge in [-0.15, -0.1) is 0 Å². The van der Waals surface area contributed by atoms with Gasteiger partial charge >= 0.3 is 0 Å². The first-order valence-electron chi connectivity index (χ1n) is 4.66. The number of hydrogen-bond acceptors (Lipinski definition) is 2. The number of aromatic amines is 1. The molecule has 1 heterocycles.